The van der Waals surface area contributed by atoms with Crippen LogP contribution in [0.1, 0.15) is 29.5 Å². The van der Waals surface area contributed by atoms with Crippen LogP contribution in [0.15, 0.2) is 47.5 Å². The number of aromatic nitrogens is 2. The highest BCUT2D eigenvalue weighted by Gasteiger charge is 2.19. The Hall–Kier alpha value is -2.49. The maximum Gasteiger partial charge on any atom is 0.274 e. The van der Waals surface area contributed by atoms with E-state index in [0.29, 0.717) is 28.5 Å². The number of nitriles is 1. The number of imidazole rings is 1. The number of nitrogens with one attached hydrogen (secondary N) is 1. The number of rotatable bonds is 5. The molecule has 5 nitrogen and oxygen atoms in total. The zero-order chi connectivity index (χ0) is 17.8. The lowest BCUT2D eigenvalue weighted by atomic mass is 10.2. The van der Waals surface area contributed by atoms with Crippen molar-refractivity contribution >= 4 is 40.6 Å². The average molecular weight is 371 g/mol. The third-order valence-corrected chi connectivity index (χ3v) is 4.45. The van der Waals surface area contributed by atoms with Gasteiger partial charge in [0.2, 0.25) is 0 Å². The average Bonchev–Trinajstić information content (AvgIpc) is 2.94. The summed E-state index contributed by atoms with van der Waals surface area (Å²) < 4.78 is 1.72. The molecule has 0 saturated carbocycles. The first-order valence-corrected chi connectivity index (χ1v) is 8.95. The summed E-state index contributed by atoms with van der Waals surface area (Å²) in [5, 5.41) is 14.1. The Morgan fingerprint density at radius 1 is 1.32 bits per heavy atom. The number of thiocyanates is 1. The van der Waals surface area contributed by atoms with Crippen LogP contribution in [0.25, 0.3) is 5.65 Å². The molecule has 1 N–H and O–H groups in total. The molecular formula is C18H15ClN4OS. The minimum absolute atomic E-state index is 0.237. The summed E-state index contributed by atoms with van der Waals surface area (Å²) in [6.45, 7) is 2.05. The Balaban J connectivity index is 1.94. The summed E-state index contributed by atoms with van der Waals surface area (Å²) in [5.74, 6) is -0.237. The largest absolute Gasteiger partial charge is 0.321 e. The number of hydrogen-bond acceptors (Lipinski definition) is 4. The van der Waals surface area contributed by atoms with Crippen molar-refractivity contribution in [3.63, 3.8) is 0 Å². The van der Waals surface area contributed by atoms with Gasteiger partial charge in [-0.3, -0.25) is 9.20 Å². The molecule has 0 saturated heterocycles. The van der Waals surface area contributed by atoms with Crippen molar-refractivity contribution in [2.45, 2.75) is 24.7 Å². The van der Waals surface area contributed by atoms with E-state index in [1.54, 1.807) is 47.0 Å². The van der Waals surface area contributed by atoms with Gasteiger partial charge in [-0.2, -0.15) is 5.26 Å². The standard InChI is InChI=1S/C18H15ClN4OS/c1-2-3-15-17(23-10-12(19)4-9-16(23)22-15)18(24)21-13-5-7-14(8-6-13)25-11-20/h4-10H,2-3H2,1H3,(H,21,24). The number of aryl methyl sites for hydroxylation is 1. The van der Waals surface area contributed by atoms with Gasteiger partial charge in [0.05, 0.1) is 10.7 Å². The van der Waals surface area contributed by atoms with Crippen molar-refractivity contribution < 1.29 is 4.79 Å². The third kappa shape index (κ3) is 3.78. The van der Waals surface area contributed by atoms with Crippen molar-refractivity contribution in [2.75, 3.05) is 5.32 Å². The molecule has 0 spiro atoms. The fraction of sp³-hybridized carbons (Fsp3) is 0.167. The number of carbonyl (C=O) groups excluding carboxylic acids is 1. The molecule has 0 aliphatic carbocycles. The van der Waals surface area contributed by atoms with E-state index in [4.69, 9.17) is 16.9 Å². The molecular weight excluding hydrogens is 356 g/mol. The van der Waals surface area contributed by atoms with E-state index in [1.165, 1.54) is 0 Å². The van der Waals surface area contributed by atoms with Gasteiger partial charge in [0.1, 0.15) is 16.7 Å². The number of thioether (sulfide) groups is 1. The van der Waals surface area contributed by atoms with Gasteiger partial charge in [-0.1, -0.05) is 24.9 Å². The van der Waals surface area contributed by atoms with Crippen LogP contribution in [-0.2, 0) is 6.42 Å². The van der Waals surface area contributed by atoms with E-state index in [-0.39, 0.29) is 5.91 Å². The topological polar surface area (TPSA) is 70.2 Å². The predicted octanol–water partition coefficient (Wildman–Crippen LogP) is 4.77. The van der Waals surface area contributed by atoms with Gasteiger partial charge in [-0.25, -0.2) is 4.98 Å². The quantitative estimate of drug-likeness (QED) is 0.519. The molecule has 126 valence electrons. The fourth-order valence-electron chi connectivity index (χ4n) is 2.57. The highest BCUT2D eigenvalue weighted by Crippen LogP contribution is 2.22. The van der Waals surface area contributed by atoms with Crippen molar-refractivity contribution in [1.29, 1.82) is 5.26 Å². The molecule has 0 fully saturated rings. The van der Waals surface area contributed by atoms with E-state index in [0.717, 1.165) is 28.8 Å². The van der Waals surface area contributed by atoms with Crippen molar-refractivity contribution in [3.8, 4) is 5.40 Å². The number of amides is 1. The van der Waals surface area contributed by atoms with Crippen molar-refractivity contribution in [1.82, 2.24) is 9.38 Å². The molecule has 0 atom stereocenters. The first-order chi connectivity index (χ1) is 12.1. The number of nitrogens with zero attached hydrogens (tertiary/aromatic N) is 3. The summed E-state index contributed by atoms with van der Waals surface area (Å²) in [6.07, 6.45) is 3.29. The minimum atomic E-state index is -0.237. The first kappa shape index (κ1) is 17.3. The van der Waals surface area contributed by atoms with E-state index in [1.807, 2.05) is 12.3 Å². The second-order valence-electron chi connectivity index (χ2n) is 5.40. The number of benzene rings is 1. The predicted molar refractivity (Wildman–Crippen MR) is 100 cm³/mol. The molecule has 0 radical (unpaired) electrons. The van der Waals surface area contributed by atoms with Gasteiger partial charge in [-0.15, -0.1) is 0 Å². The smallest absolute Gasteiger partial charge is 0.274 e. The molecule has 2 aromatic heterocycles. The van der Waals surface area contributed by atoms with E-state index < -0.39 is 0 Å². The SMILES string of the molecule is CCCc1nc2ccc(Cl)cn2c1C(=O)Nc1ccc(SC#N)cc1. The van der Waals surface area contributed by atoms with Gasteiger partial charge in [0.15, 0.2) is 0 Å². The van der Waals surface area contributed by atoms with Crippen LogP contribution >= 0.6 is 23.4 Å². The van der Waals surface area contributed by atoms with Crippen molar-refractivity contribution in [2.24, 2.45) is 0 Å². The summed E-state index contributed by atoms with van der Waals surface area (Å²) in [6, 6.07) is 10.7. The molecule has 3 aromatic rings. The van der Waals surface area contributed by atoms with Gasteiger partial charge in [-0.05, 0) is 54.6 Å². The summed E-state index contributed by atoms with van der Waals surface area (Å²) in [5.41, 5.74) is 2.60. The zero-order valence-electron chi connectivity index (χ0n) is 13.5. The fourth-order valence-corrected chi connectivity index (χ4v) is 3.11. The Labute approximate surface area is 154 Å². The highest BCUT2D eigenvalue weighted by atomic mass is 35.5. The normalized spacial score (nSPS) is 10.6. The Kier molecular flexibility index (Phi) is 5.27. The van der Waals surface area contributed by atoms with Crippen LogP contribution in [0.2, 0.25) is 5.02 Å². The second-order valence-corrected chi connectivity index (χ2v) is 6.70. The third-order valence-electron chi connectivity index (χ3n) is 3.63. The number of hydrogen-bond donors (Lipinski definition) is 1. The highest BCUT2D eigenvalue weighted by molar-refractivity contribution is 8.03. The lowest BCUT2D eigenvalue weighted by Crippen LogP contribution is -2.16. The lowest BCUT2D eigenvalue weighted by Gasteiger charge is -2.07. The molecule has 25 heavy (non-hydrogen) atoms. The number of pyridine rings is 1. The van der Waals surface area contributed by atoms with E-state index >= 15 is 0 Å². The Bertz CT molecular complexity index is 960. The Morgan fingerprint density at radius 3 is 2.76 bits per heavy atom. The van der Waals surface area contributed by atoms with E-state index in [9.17, 15) is 4.79 Å². The maximum absolute atomic E-state index is 12.8. The number of fused-ring (bicyclic) bond motifs is 1. The van der Waals surface area contributed by atoms with Gasteiger partial charge in [0.25, 0.3) is 5.91 Å². The molecule has 2 heterocycles. The first-order valence-electron chi connectivity index (χ1n) is 7.76. The monoisotopic (exact) mass is 370 g/mol. The van der Waals surface area contributed by atoms with Crippen LogP contribution in [0.4, 0.5) is 5.69 Å². The lowest BCUT2D eigenvalue weighted by molar-refractivity contribution is 0.102. The van der Waals surface area contributed by atoms with Gasteiger partial charge < -0.3 is 5.32 Å². The van der Waals surface area contributed by atoms with Crippen molar-refractivity contribution in [3.05, 3.63) is 59.0 Å². The minimum Gasteiger partial charge on any atom is -0.321 e. The molecule has 1 amide bonds. The van der Waals surface area contributed by atoms with E-state index in [2.05, 4.69) is 10.3 Å². The molecule has 7 heteroatoms. The second kappa shape index (κ2) is 7.60. The van der Waals surface area contributed by atoms with Crippen LogP contribution in [0, 0.1) is 10.7 Å². The Morgan fingerprint density at radius 2 is 2.08 bits per heavy atom. The molecule has 0 aliphatic rings. The zero-order valence-corrected chi connectivity index (χ0v) is 15.1. The number of carbonyl (C=O) groups is 1. The van der Waals surface area contributed by atoms with Gasteiger partial charge >= 0.3 is 0 Å². The molecule has 0 unspecified atom stereocenters. The number of anilines is 1. The van der Waals surface area contributed by atoms with Crippen LogP contribution in [0.5, 0.6) is 0 Å². The summed E-state index contributed by atoms with van der Waals surface area (Å²) in [7, 11) is 0. The molecule has 0 aliphatic heterocycles. The van der Waals surface area contributed by atoms with Crippen LogP contribution < -0.4 is 5.32 Å². The summed E-state index contributed by atoms with van der Waals surface area (Å²) in [4.78, 5) is 18.2. The molecule has 3 rings (SSSR count). The van der Waals surface area contributed by atoms with Gasteiger partial charge in [0, 0.05) is 16.8 Å². The van der Waals surface area contributed by atoms with Crippen LogP contribution in [-0.4, -0.2) is 15.3 Å². The maximum atomic E-state index is 12.8. The molecule has 1 aromatic carbocycles. The molecule has 0 bridgehead atoms. The summed E-state index contributed by atoms with van der Waals surface area (Å²) >= 11 is 7.16. The number of halogens is 1. The van der Waals surface area contributed by atoms with Crippen LogP contribution in [0.3, 0.4) is 0 Å².